The summed E-state index contributed by atoms with van der Waals surface area (Å²) in [5.41, 5.74) is 4.88. The minimum atomic E-state index is 0.724. The molecule has 0 amide bonds. The predicted molar refractivity (Wildman–Crippen MR) is 88.9 cm³/mol. The lowest BCUT2D eigenvalue weighted by molar-refractivity contribution is -0.661. The lowest BCUT2D eigenvalue weighted by Gasteiger charge is -2.03. The fraction of sp³-hybridized carbons (Fsp3) is 0.222. The minimum absolute atomic E-state index is 0.724. The normalized spacial score (nSPS) is 10.9. The first-order valence-corrected chi connectivity index (χ1v) is 7.66. The molecule has 0 N–H and O–H groups in total. The number of hydrogen-bond acceptors (Lipinski definition) is 1. The Kier molecular flexibility index (Phi) is 3.99. The molecule has 0 aliphatic heterocycles. The molecule has 4 heteroatoms. The summed E-state index contributed by atoms with van der Waals surface area (Å²) in [5, 5.41) is 5.42. The van der Waals surface area contributed by atoms with Gasteiger partial charge >= 0.3 is 5.82 Å². The lowest BCUT2D eigenvalue weighted by Crippen LogP contribution is -2.28. The third-order valence-corrected chi connectivity index (χ3v) is 4.01. The van der Waals surface area contributed by atoms with Gasteiger partial charge in [0.05, 0.1) is 12.6 Å². The number of hydrogen-bond donors (Lipinski definition) is 0. The molecule has 1 heterocycles. The zero-order chi connectivity index (χ0) is 15.7. The molecule has 0 saturated heterocycles. The van der Waals surface area contributed by atoms with Crippen LogP contribution in [0.1, 0.15) is 16.7 Å². The van der Waals surface area contributed by atoms with E-state index in [-0.39, 0.29) is 0 Å². The van der Waals surface area contributed by atoms with Gasteiger partial charge in [0.15, 0.2) is 0 Å². The Bertz CT molecular complexity index is 821. The minimum Gasteiger partial charge on any atom is -0.233 e. The Morgan fingerprint density at radius 3 is 2.68 bits per heavy atom. The fourth-order valence-electron chi connectivity index (χ4n) is 2.64. The van der Waals surface area contributed by atoms with Gasteiger partial charge in [-0.3, -0.25) is 0 Å². The number of nitrogens with zero attached hydrogens (tertiary/aromatic N) is 3. The quantitative estimate of drug-likeness (QED) is 0.676. The monoisotopic (exact) mass is 312 g/mol. The van der Waals surface area contributed by atoms with E-state index < -0.39 is 0 Å². The molecule has 0 unspecified atom stereocenters. The predicted octanol–water partition coefficient (Wildman–Crippen LogP) is 3.69. The van der Waals surface area contributed by atoms with Crippen LogP contribution in [-0.4, -0.2) is 9.78 Å². The van der Waals surface area contributed by atoms with Crippen molar-refractivity contribution in [2.45, 2.75) is 20.4 Å². The Morgan fingerprint density at radius 1 is 1.14 bits per heavy atom. The molecule has 0 radical (unpaired) electrons. The molecule has 3 aromatic rings. The van der Waals surface area contributed by atoms with Gasteiger partial charge in [-0.1, -0.05) is 41.4 Å². The highest BCUT2D eigenvalue weighted by Gasteiger charge is 2.17. The van der Waals surface area contributed by atoms with Gasteiger partial charge in [-0.2, -0.15) is 0 Å². The number of benzene rings is 2. The van der Waals surface area contributed by atoms with Crippen molar-refractivity contribution >= 4 is 11.6 Å². The number of aromatic nitrogens is 3. The molecule has 1 aromatic heterocycles. The van der Waals surface area contributed by atoms with Gasteiger partial charge < -0.3 is 0 Å². The molecule has 3 nitrogen and oxygen atoms in total. The van der Waals surface area contributed by atoms with Crippen LogP contribution < -0.4 is 4.57 Å². The maximum absolute atomic E-state index is 6.08. The first kappa shape index (κ1) is 14.8. The van der Waals surface area contributed by atoms with Gasteiger partial charge in [0.2, 0.25) is 6.33 Å². The van der Waals surface area contributed by atoms with E-state index in [0.29, 0.717) is 0 Å². The van der Waals surface area contributed by atoms with Gasteiger partial charge in [-0.25, -0.2) is 4.57 Å². The fourth-order valence-corrected chi connectivity index (χ4v) is 2.83. The SMILES string of the molecule is Cc1ccc(Cn2c[n+](C)c(-c3cccc(Cl)c3)n2)c(C)c1. The zero-order valence-electron chi connectivity index (χ0n) is 13.0. The molecule has 0 bridgehead atoms. The Labute approximate surface area is 135 Å². The van der Waals surface area contributed by atoms with Crippen LogP contribution in [0.4, 0.5) is 0 Å². The van der Waals surface area contributed by atoms with Crippen molar-refractivity contribution in [3.05, 3.63) is 70.5 Å². The summed E-state index contributed by atoms with van der Waals surface area (Å²) in [6, 6.07) is 14.3. The summed E-state index contributed by atoms with van der Waals surface area (Å²) in [6.07, 6.45) is 2.01. The highest BCUT2D eigenvalue weighted by Crippen LogP contribution is 2.18. The smallest absolute Gasteiger partial charge is 0.233 e. The Morgan fingerprint density at radius 2 is 1.95 bits per heavy atom. The summed E-state index contributed by atoms with van der Waals surface area (Å²) >= 11 is 6.08. The molecule has 0 aliphatic carbocycles. The van der Waals surface area contributed by atoms with E-state index in [0.717, 1.165) is 23.0 Å². The molecular weight excluding hydrogens is 294 g/mol. The molecular formula is C18H19ClN3+. The van der Waals surface area contributed by atoms with Crippen molar-refractivity contribution < 1.29 is 4.57 Å². The average molecular weight is 313 g/mol. The second kappa shape index (κ2) is 5.93. The topological polar surface area (TPSA) is 21.7 Å². The van der Waals surface area contributed by atoms with Crippen LogP contribution in [0.2, 0.25) is 5.02 Å². The molecule has 2 aromatic carbocycles. The van der Waals surface area contributed by atoms with Crippen LogP contribution in [0.5, 0.6) is 0 Å². The second-order valence-corrected chi connectivity index (χ2v) is 6.12. The highest BCUT2D eigenvalue weighted by atomic mass is 35.5. The lowest BCUT2D eigenvalue weighted by atomic mass is 10.1. The molecule has 22 heavy (non-hydrogen) atoms. The van der Waals surface area contributed by atoms with E-state index in [9.17, 15) is 0 Å². The van der Waals surface area contributed by atoms with Gasteiger partial charge in [-0.05, 0) is 43.2 Å². The van der Waals surface area contributed by atoms with Crippen molar-refractivity contribution in [2.24, 2.45) is 7.05 Å². The van der Waals surface area contributed by atoms with E-state index >= 15 is 0 Å². The van der Waals surface area contributed by atoms with Crippen LogP contribution in [0.25, 0.3) is 11.4 Å². The largest absolute Gasteiger partial charge is 0.308 e. The van der Waals surface area contributed by atoms with Gasteiger partial charge in [0, 0.05) is 10.1 Å². The molecule has 0 atom stereocenters. The standard InChI is InChI=1S/C18H19ClN3/c1-13-7-8-16(14(2)9-13)11-22-12-21(3)18(20-22)15-5-4-6-17(19)10-15/h4-10,12H,11H2,1-3H3/q+1. The maximum atomic E-state index is 6.08. The summed E-state index contributed by atoms with van der Waals surface area (Å²) < 4.78 is 3.99. The van der Waals surface area contributed by atoms with E-state index in [2.05, 4.69) is 32.0 Å². The number of halogens is 1. The zero-order valence-corrected chi connectivity index (χ0v) is 13.8. The van der Waals surface area contributed by atoms with Gasteiger partial charge in [0.1, 0.15) is 6.54 Å². The molecule has 0 saturated carbocycles. The van der Waals surface area contributed by atoms with E-state index in [1.54, 1.807) is 0 Å². The van der Waals surface area contributed by atoms with Gasteiger partial charge in [-0.15, -0.1) is 4.68 Å². The first-order valence-electron chi connectivity index (χ1n) is 7.28. The van der Waals surface area contributed by atoms with E-state index in [4.69, 9.17) is 16.7 Å². The first-order chi connectivity index (χ1) is 10.5. The molecule has 0 aliphatic rings. The summed E-state index contributed by atoms with van der Waals surface area (Å²) in [5.74, 6) is 0.910. The van der Waals surface area contributed by atoms with Crippen LogP contribution >= 0.6 is 11.6 Å². The highest BCUT2D eigenvalue weighted by molar-refractivity contribution is 6.30. The van der Waals surface area contributed by atoms with Crippen molar-refractivity contribution in [1.29, 1.82) is 0 Å². The van der Waals surface area contributed by atoms with E-state index in [1.165, 1.54) is 16.7 Å². The third kappa shape index (κ3) is 3.04. The number of aryl methyl sites for hydroxylation is 3. The van der Waals surface area contributed by atoms with Crippen LogP contribution in [0.15, 0.2) is 48.8 Å². The van der Waals surface area contributed by atoms with Crippen molar-refractivity contribution in [3.63, 3.8) is 0 Å². The molecule has 112 valence electrons. The average Bonchev–Trinajstić information content (AvgIpc) is 2.83. The summed E-state index contributed by atoms with van der Waals surface area (Å²) in [7, 11) is 2.00. The second-order valence-electron chi connectivity index (χ2n) is 5.69. The molecule has 0 spiro atoms. The summed E-state index contributed by atoms with van der Waals surface area (Å²) in [6.45, 7) is 5.02. The van der Waals surface area contributed by atoms with Crippen molar-refractivity contribution in [2.75, 3.05) is 0 Å². The van der Waals surface area contributed by atoms with Gasteiger partial charge in [0.25, 0.3) is 0 Å². The van der Waals surface area contributed by atoms with Crippen LogP contribution in [-0.2, 0) is 13.6 Å². The Hall–Kier alpha value is -2.13. The van der Waals surface area contributed by atoms with Crippen molar-refractivity contribution in [3.8, 4) is 11.4 Å². The van der Waals surface area contributed by atoms with E-state index in [1.807, 2.05) is 46.9 Å². The maximum Gasteiger partial charge on any atom is 0.308 e. The Balaban J connectivity index is 1.92. The summed E-state index contributed by atoms with van der Waals surface area (Å²) in [4.78, 5) is 0. The third-order valence-electron chi connectivity index (χ3n) is 3.78. The molecule has 3 rings (SSSR count). The number of rotatable bonds is 3. The van der Waals surface area contributed by atoms with Crippen molar-refractivity contribution in [1.82, 2.24) is 9.78 Å². The molecule has 0 fully saturated rings. The van der Waals surface area contributed by atoms with Crippen LogP contribution in [0, 0.1) is 13.8 Å². The van der Waals surface area contributed by atoms with Crippen LogP contribution in [0.3, 0.4) is 0 Å².